The molecule has 0 saturated carbocycles. The number of hydrogen-bond acceptors (Lipinski definition) is 8. The SMILES string of the molecule is CC(=O)Oc1cc2c(c(OC(C)=O)c1)C(=O)O[C@H](C)C[C@H]1O[C@@H]1/C=C\C=C\C(O[Si](C)(C)C(C)(C)C)C2. The van der Waals surface area contributed by atoms with Gasteiger partial charge in [0, 0.05) is 32.8 Å². The van der Waals surface area contributed by atoms with Gasteiger partial charge < -0.3 is 23.4 Å². The highest BCUT2D eigenvalue weighted by Gasteiger charge is 2.40. The molecule has 0 bridgehead atoms. The van der Waals surface area contributed by atoms with Gasteiger partial charge in [0.2, 0.25) is 0 Å². The van der Waals surface area contributed by atoms with E-state index in [1.807, 2.05) is 24.3 Å². The largest absolute Gasteiger partial charge is 0.459 e. The van der Waals surface area contributed by atoms with Crippen molar-refractivity contribution in [3.05, 3.63) is 47.6 Å². The number of carbonyl (C=O) groups is 3. The third-order valence-corrected chi connectivity index (χ3v) is 11.3. The lowest BCUT2D eigenvalue weighted by Gasteiger charge is -2.38. The van der Waals surface area contributed by atoms with Crippen molar-refractivity contribution >= 4 is 26.2 Å². The molecule has 1 fully saturated rings. The number of carbonyl (C=O) groups excluding carboxylic acids is 3. The Balaban J connectivity index is 2.14. The Morgan fingerprint density at radius 2 is 1.68 bits per heavy atom. The highest BCUT2D eigenvalue weighted by Crippen LogP contribution is 2.39. The fraction of sp³-hybridized carbons (Fsp3) is 0.536. The topological polar surface area (TPSA) is 101 Å². The predicted molar refractivity (Wildman–Crippen MR) is 141 cm³/mol. The van der Waals surface area contributed by atoms with E-state index in [9.17, 15) is 14.4 Å². The van der Waals surface area contributed by atoms with Gasteiger partial charge in [0.05, 0.1) is 12.2 Å². The zero-order valence-electron chi connectivity index (χ0n) is 23.0. The maximum absolute atomic E-state index is 13.5. The van der Waals surface area contributed by atoms with E-state index in [-0.39, 0.29) is 40.7 Å². The van der Waals surface area contributed by atoms with Crippen molar-refractivity contribution in [2.45, 2.75) is 96.9 Å². The van der Waals surface area contributed by atoms with Gasteiger partial charge in [-0.2, -0.15) is 0 Å². The monoisotopic (exact) mass is 530 g/mol. The van der Waals surface area contributed by atoms with Gasteiger partial charge in [0.25, 0.3) is 0 Å². The molecular formula is C28H38O8Si. The highest BCUT2D eigenvalue weighted by molar-refractivity contribution is 6.74. The van der Waals surface area contributed by atoms with Crippen LogP contribution < -0.4 is 9.47 Å². The maximum Gasteiger partial charge on any atom is 0.342 e. The molecule has 1 aromatic carbocycles. The van der Waals surface area contributed by atoms with Crippen molar-refractivity contribution in [2.75, 3.05) is 0 Å². The van der Waals surface area contributed by atoms with Gasteiger partial charge in [-0.15, -0.1) is 0 Å². The minimum atomic E-state index is -2.22. The zero-order valence-corrected chi connectivity index (χ0v) is 24.0. The van der Waals surface area contributed by atoms with E-state index in [1.165, 1.54) is 19.9 Å². The number of hydrogen-bond donors (Lipinski definition) is 0. The van der Waals surface area contributed by atoms with Crippen LogP contribution in [0.15, 0.2) is 36.4 Å². The lowest BCUT2D eigenvalue weighted by Crippen LogP contribution is -2.44. The second kappa shape index (κ2) is 11.3. The summed E-state index contributed by atoms with van der Waals surface area (Å²) in [6.07, 6.45) is 7.69. The van der Waals surface area contributed by atoms with Gasteiger partial charge in [0.15, 0.2) is 8.32 Å². The molecule has 2 aliphatic heterocycles. The summed E-state index contributed by atoms with van der Waals surface area (Å²) in [5, 5.41) is -0.0511. The lowest BCUT2D eigenvalue weighted by molar-refractivity contribution is -0.132. The standard InChI is InChI=1S/C28H38O8Si/c1-17-13-24-23(35-24)12-10-9-11-21(36-37(7,8)28(4,5)6)14-20-15-22(33-18(2)29)16-25(34-19(3)30)26(20)27(31)32-17/h9-12,15-17,21,23-24H,13-14H2,1-8H3/b11-9+,12-10-/t17-,21?,23-,24-/m1/s1. The molecule has 2 aliphatic rings. The molecule has 1 unspecified atom stereocenters. The summed E-state index contributed by atoms with van der Waals surface area (Å²) in [6.45, 7) is 15.1. The summed E-state index contributed by atoms with van der Waals surface area (Å²) >= 11 is 0. The molecule has 0 radical (unpaired) electrons. The summed E-state index contributed by atoms with van der Waals surface area (Å²) in [7, 11) is -2.22. The van der Waals surface area contributed by atoms with Crippen LogP contribution in [0.2, 0.25) is 18.1 Å². The molecule has 0 spiro atoms. The Morgan fingerprint density at radius 1 is 1.03 bits per heavy atom. The average Bonchev–Trinajstić information content (AvgIpc) is 3.45. The summed E-state index contributed by atoms with van der Waals surface area (Å²) in [4.78, 5) is 37.1. The van der Waals surface area contributed by atoms with Crippen LogP contribution in [0, 0.1) is 0 Å². The minimum absolute atomic E-state index is 0.0244. The van der Waals surface area contributed by atoms with E-state index < -0.39 is 38.4 Å². The van der Waals surface area contributed by atoms with Crippen LogP contribution in [-0.2, 0) is 29.9 Å². The second-order valence-corrected chi connectivity index (χ2v) is 15.9. The smallest absolute Gasteiger partial charge is 0.342 e. The van der Waals surface area contributed by atoms with Crippen LogP contribution in [0.4, 0.5) is 0 Å². The van der Waals surface area contributed by atoms with E-state index in [1.54, 1.807) is 13.0 Å². The Kier molecular flexibility index (Phi) is 8.82. The fourth-order valence-electron chi connectivity index (χ4n) is 3.91. The molecule has 2 heterocycles. The van der Waals surface area contributed by atoms with Crippen LogP contribution in [0.5, 0.6) is 11.5 Å². The van der Waals surface area contributed by atoms with Crippen molar-refractivity contribution in [3.8, 4) is 11.5 Å². The Bertz CT molecular complexity index is 1100. The maximum atomic E-state index is 13.5. The molecule has 4 atom stereocenters. The third kappa shape index (κ3) is 7.86. The number of cyclic esters (lactones) is 1. The summed E-state index contributed by atoms with van der Waals surface area (Å²) in [6, 6.07) is 2.96. The molecular weight excluding hydrogens is 492 g/mol. The van der Waals surface area contributed by atoms with Crippen molar-refractivity contribution in [1.29, 1.82) is 0 Å². The first kappa shape index (κ1) is 28.8. The molecule has 8 nitrogen and oxygen atoms in total. The first-order valence-corrected chi connectivity index (χ1v) is 15.5. The number of ether oxygens (including phenoxy) is 4. The molecule has 9 heteroatoms. The third-order valence-electron chi connectivity index (χ3n) is 6.78. The van der Waals surface area contributed by atoms with E-state index in [2.05, 4.69) is 33.9 Å². The molecule has 0 amide bonds. The van der Waals surface area contributed by atoms with E-state index in [0.29, 0.717) is 12.0 Å². The molecule has 37 heavy (non-hydrogen) atoms. The highest BCUT2D eigenvalue weighted by atomic mass is 28.4. The van der Waals surface area contributed by atoms with Crippen molar-refractivity contribution in [2.24, 2.45) is 0 Å². The second-order valence-electron chi connectivity index (χ2n) is 11.1. The Hall–Kier alpha value is -2.75. The van der Waals surface area contributed by atoms with Gasteiger partial charge in [-0.25, -0.2) is 4.79 Å². The normalized spacial score (nSPS) is 26.0. The zero-order chi connectivity index (χ0) is 27.5. The quantitative estimate of drug-likeness (QED) is 0.224. The van der Waals surface area contributed by atoms with Gasteiger partial charge in [-0.05, 0) is 36.7 Å². The van der Waals surface area contributed by atoms with Crippen LogP contribution in [0.25, 0.3) is 0 Å². The molecule has 3 rings (SSSR count). The minimum Gasteiger partial charge on any atom is -0.459 e. The van der Waals surface area contributed by atoms with Crippen molar-refractivity contribution < 1.29 is 37.8 Å². The average molecular weight is 531 g/mol. The molecule has 0 aromatic heterocycles. The van der Waals surface area contributed by atoms with Gasteiger partial charge >= 0.3 is 17.9 Å². The molecule has 1 saturated heterocycles. The predicted octanol–water partition coefficient (Wildman–Crippen LogP) is 5.30. The van der Waals surface area contributed by atoms with E-state index >= 15 is 0 Å². The number of benzene rings is 1. The number of allylic oxidation sites excluding steroid dienone is 2. The number of rotatable bonds is 4. The molecule has 0 aliphatic carbocycles. The van der Waals surface area contributed by atoms with Gasteiger partial charge in [-0.1, -0.05) is 45.1 Å². The first-order chi connectivity index (χ1) is 17.2. The fourth-order valence-corrected chi connectivity index (χ4v) is 5.19. The van der Waals surface area contributed by atoms with Gasteiger partial charge in [-0.3, -0.25) is 9.59 Å². The first-order valence-electron chi connectivity index (χ1n) is 12.6. The summed E-state index contributed by atoms with van der Waals surface area (Å²) < 4.78 is 28.9. The van der Waals surface area contributed by atoms with Crippen LogP contribution >= 0.6 is 0 Å². The molecule has 0 N–H and O–H groups in total. The summed E-state index contributed by atoms with van der Waals surface area (Å²) in [5.41, 5.74) is 0.596. The van der Waals surface area contributed by atoms with Crippen molar-refractivity contribution in [1.82, 2.24) is 0 Å². The van der Waals surface area contributed by atoms with Gasteiger partial charge in [0.1, 0.15) is 29.3 Å². The molecule has 1 aromatic rings. The van der Waals surface area contributed by atoms with Crippen LogP contribution in [0.3, 0.4) is 0 Å². The van der Waals surface area contributed by atoms with Crippen LogP contribution in [0.1, 0.15) is 63.9 Å². The van der Waals surface area contributed by atoms with E-state index in [0.717, 1.165) is 0 Å². The van der Waals surface area contributed by atoms with Crippen molar-refractivity contribution in [3.63, 3.8) is 0 Å². The lowest BCUT2D eigenvalue weighted by atomic mass is 9.99. The number of fused-ring (bicyclic) bond motifs is 2. The van der Waals surface area contributed by atoms with Crippen LogP contribution in [-0.4, -0.2) is 50.6 Å². The Labute approximate surface area is 220 Å². The molecule has 202 valence electrons. The summed E-state index contributed by atoms with van der Waals surface area (Å²) in [5.74, 6) is -1.65. The number of epoxide rings is 1. The Morgan fingerprint density at radius 3 is 2.30 bits per heavy atom. The van der Waals surface area contributed by atoms with E-state index in [4.69, 9.17) is 23.4 Å². The number of esters is 3.